The molecule has 2 aliphatic rings. The van der Waals surface area contributed by atoms with Crippen LogP contribution < -0.4 is 0 Å². The largest absolute Gasteiger partial charge is 0.337 e. The highest BCUT2D eigenvalue weighted by molar-refractivity contribution is 5.84. The molecule has 4 nitrogen and oxygen atoms in total. The number of carbonyl (C=O) groups excluding carboxylic acids is 1. The van der Waals surface area contributed by atoms with Crippen molar-refractivity contribution in [3.8, 4) is 0 Å². The fourth-order valence-electron chi connectivity index (χ4n) is 3.93. The maximum Gasteiger partial charge on any atom is 0.250 e. The zero-order chi connectivity index (χ0) is 14.2. The van der Waals surface area contributed by atoms with E-state index < -0.39 is 5.54 Å². The number of hydrogen-bond donors (Lipinski definition) is 0. The minimum absolute atomic E-state index is 0.234. The number of aromatic nitrogens is 2. The van der Waals surface area contributed by atoms with Gasteiger partial charge in [-0.25, -0.2) is 0 Å². The molecule has 3 rings (SSSR count). The van der Waals surface area contributed by atoms with Gasteiger partial charge in [0.15, 0.2) is 0 Å². The van der Waals surface area contributed by atoms with Gasteiger partial charge in [0.2, 0.25) is 5.91 Å². The van der Waals surface area contributed by atoms with Crippen LogP contribution in [0, 0.1) is 5.92 Å². The van der Waals surface area contributed by atoms with Gasteiger partial charge in [0.1, 0.15) is 5.54 Å². The summed E-state index contributed by atoms with van der Waals surface area (Å²) in [4.78, 5) is 15.2. The second kappa shape index (κ2) is 5.23. The van der Waals surface area contributed by atoms with Gasteiger partial charge >= 0.3 is 0 Å². The van der Waals surface area contributed by atoms with Gasteiger partial charge in [0.25, 0.3) is 0 Å². The van der Waals surface area contributed by atoms with E-state index in [0.29, 0.717) is 6.04 Å². The SMILES string of the molecule is CC(C)(C(=O)N1CCC[C@@H]2CCCC[C@@H]21)n1cccn1. The lowest BCUT2D eigenvalue weighted by atomic mass is 9.77. The molecule has 0 N–H and O–H groups in total. The molecule has 0 radical (unpaired) electrons. The molecule has 1 aromatic rings. The Labute approximate surface area is 121 Å². The van der Waals surface area contributed by atoms with Crippen LogP contribution in [-0.2, 0) is 10.3 Å². The van der Waals surface area contributed by atoms with Crippen molar-refractivity contribution in [3.05, 3.63) is 18.5 Å². The highest BCUT2D eigenvalue weighted by atomic mass is 16.2. The number of hydrogen-bond acceptors (Lipinski definition) is 2. The minimum atomic E-state index is -0.581. The van der Waals surface area contributed by atoms with E-state index in [2.05, 4.69) is 10.00 Å². The van der Waals surface area contributed by atoms with Crippen molar-refractivity contribution < 1.29 is 4.79 Å². The lowest BCUT2D eigenvalue weighted by Gasteiger charge is -2.46. The van der Waals surface area contributed by atoms with E-state index in [0.717, 1.165) is 18.9 Å². The summed E-state index contributed by atoms with van der Waals surface area (Å²) < 4.78 is 1.79. The molecule has 20 heavy (non-hydrogen) atoms. The lowest BCUT2D eigenvalue weighted by molar-refractivity contribution is -0.146. The molecule has 2 atom stereocenters. The number of likely N-dealkylation sites (tertiary alicyclic amines) is 1. The first-order chi connectivity index (χ1) is 9.60. The Morgan fingerprint density at radius 2 is 1.95 bits per heavy atom. The summed E-state index contributed by atoms with van der Waals surface area (Å²) >= 11 is 0. The lowest BCUT2D eigenvalue weighted by Crippen LogP contribution is -2.56. The van der Waals surface area contributed by atoms with Gasteiger partial charge in [0.05, 0.1) is 0 Å². The van der Waals surface area contributed by atoms with Crippen molar-refractivity contribution in [2.24, 2.45) is 5.92 Å². The Morgan fingerprint density at radius 3 is 2.70 bits per heavy atom. The molecule has 1 saturated heterocycles. The fraction of sp³-hybridized carbons (Fsp3) is 0.750. The third-order valence-corrected chi connectivity index (χ3v) is 5.10. The molecule has 2 heterocycles. The second-order valence-corrected chi connectivity index (χ2v) is 6.76. The molecule has 0 bridgehead atoms. The van der Waals surface area contributed by atoms with Crippen molar-refractivity contribution in [1.82, 2.24) is 14.7 Å². The van der Waals surface area contributed by atoms with Crippen LogP contribution in [0.15, 0.2) is 18.5 Å². The molecule has 1 aliphatic heterocycles. The normalized spacial score (nSPS) is 27.2. The van der Waals surface area contributed by atoms with Crippen LogP contribution in [0.5, 0.6) is 0 Å². The van der Waals surface area contributed by atoms with Crippen LogP contribution in [0.2, 0.25) is 0 Å². The van der Waals surface area contributed by atoms with Crippen LogP contribution in [0.1, 0.15) is 52.4 Å². The van der Waals surface area contributed by atoms with Crippen molar-refractivity contribution in [1.29, 1.82) is 0 Å². The van der Waals surface area contributed by atoms with Crippen LogP contribution in [0.25, 0.3) is 0 Å². The molecule has 110 valence electrons. The third-order valence-electron chi connectivity index (χ3n) is 5.10. The number of nitrogens with zero attached hydrogens (tertiary/aromatic N) is 3. The first-order valence-electron chi connectivity index (χ1n) is 7.92. The van der Waals surface area contributed by atoms with Crippen LogP contribution >= 0.6 is 0 Å². The highest BCUT2D eigenvalue weighted by Gasteiger charge is 2.41. The van der Waals surface area contributed by atoms with Gasteiger partial charge in [-0.05, 0) is 51.5 Å². The quantitative estimate of drug-likeness (QED) is 0.832. The predicted molar refractivity (Wildman–Crippen MR) is 78.2 cm³/mol. The number of carbonyl (C=O) groups is 1. The Hall–Kier alpha value is -1.32. The van der Waals surface area contributed by atoms with Gasteiger partial charge in [-0.2, -0.15) is 5.10 Å². The predicted octanol–water partition coefficient (Wildman–Crippen LogP) is 2.80. The topological polar surface area (TPSA) is 38.1 Å². The molecule has 1 amide bonds. The zero-order valence-corrected chi connectivity index (χ0v) is 12.6. The van der Waals surface area contributed by atoms with E-state index in [1.807, 2.05) is 26.1 Å². The van der Waals surface area contributed by atoms with E-state index in [4.69, 9.17) is 0 Å². The summed E-state index contributed by atoms with van der Waals surface area (Å²) in [5, 5.41) is 4.28. The summed E-state index contributed by atoms with van der Waals surface area (Å²) in [6.45, 7) is 4.88. The molecule has 0 unspecified atom stereocenters. The Morgan fingerprint density at radius 1 is 1.20 bits per heavy atom. The van der Waals surface area contributed by atoms with E-state index in [1.165, 1.54) is 32.1 Å². The Bertz CT molecular complexity index is 464. The highest BCUT2D eigenvalue weighted by Crippen LogP contribution is 2.36. The number of piperidine rings is 1. The fourth-order valence-corrected chi connectivity index (χ4v) is 3.93. The summed E-state index contributed by atoms with van der Waals surface area (Å²) in [6, 6.07) is 2.36. The minimum Gasteiger partial charge on any atom is -0.337 e. The van der Waals surface area contributed by atoms with Gasteiger partial charge in [-0.3, -0.25) is 9.48 Å². The number of rotatable bonds is 2. The smallest absolute Gasteiger partial charge is 0.250 e. The molecule has 4 heteroatoms. The Balaban J connectivity index is 1.82. The molecule has 2 fully saturated rings. The monoisotopic (exact) mass is 275 g/mol. The summed E-state index contributed by atoms with van der Waals surface area (Å²) in [5.74, 6) is 0.965. The standard InChI is InChI=1S/C16H25N3O/c1-16(2,19-12-6-10-17-19)15(20)18-11-5-8-13-7-3-4-9-14(13)18/h6,10,12-14H,3-5,7-9,11H2,1-2H3/t13-,14-/m0/s1. The Kier molecular flexibility index (Phi) is 3.57. The molecular weight excluding hydrogens is 250 g/mol. The van der Waals surface area contributed by atoms with E-state index in [1.54, 1.807) is 10.9 Å². The number of amides is 1. The molecule has 1 aromatic heterocycles. The first kappa shape index (κ1) is 13.7. The van der Waals surface area contributed by atoms with Crippen LogP contribution in [-0.4, -0.2) is 33.2 Å². The zero-order valence-electron chi connectivity index (χ0n) is 12.6. The van der Waals surface area contributed by atoms with E-state index in [-0.39, 0.29) is 5.91 Å². The van der Waals surface area contributed by atoms with Crippen molar-refractivity contribution >= 4 is 5.91 Å². The molecule has 1 saturated carbocycles. The van der Waals surface area contributed by atoms with Gasteiger partial charge in [0, 0.05) is 25.0 Å². The van der Waals surface area contributed by atoms with Crippen molar-refractivity contribution in [3.63, 3.8) is 0 Å². The molecular formula is C16H25N3O. The van der Waals surface area contributed by atoms with E-state index in [9.17, 15) is 4.79 Å². The van der Waals surface area contributed by atoms with Crippen LogP contribution in [0.4, 0.5) is 0 Å². The number of fused-ring (bicyclic) bond motifs is 1. The molecule has 1 aliphatic carbocycles. The molecule has 0 aromatic carbocycles. The first-order valence-corrected chi connectivity index (χ1v) is 7.92. The second-order valence-electron chi connectivity index (χ2n) is 6.76. The third kappa shape index (κ3) is 2.25. The van der Waals surface area contributed by atoms with Gasteiger partial charge in [-0.15, -0.1) is 0 Å². The molecule has 0 spiro atoms. The van der Waals surface area contributed by atoms with Gasteiger partial charge in [-0.1, -0.05) is 12.8 Å². The summed E-state index contributed by atoms with van der Waals surface area (Å²) in [6.07, 6.45) is 11.2. The van der Waals surface area contributed by atoms with E-state index >= 15 is 0 Å². The van der Waals surface area contributed by atoms with Crippen LogP contribution in [0.3, 0.4) is 0 Å². The average molecular weight is 275 g/mol. The van der Waals surface area contributed by atoms with Gasteiger partial charge < -0.3 is 4.90 Å². The summed E-state index contributed by atoms with van der Waals surface area (Å²) in [7, 11) is 0. The average Bonchev–Trinajstić information content (AvgIpc) is 3.01. The maximum absolute atomic E-state index is 13.0. The van der Waals surface area contributed by atoms with Crippen molar-refractivity contribution in [2.45, 2.75) is 64.0 Å². The maximum atomic E-state index is 13.0. The summed E-state index contributed by atoms with van der Waals surface area (Å²) in [5.41, 5.74) is -0.581. The van der Waals surface area contributed by atoms with Crippen molar-refractivity contribution in [2.75, 3.05) is 6.54 Å².